The standard InChI is InChI=1S/C23H22Cl2N4O3S/c24-16-4-5-18-17(13-16)22(25)23(27-18)33(31,32)12-8-21(30)28-10-6-15(7-11-28)19-14-26-20-3-1-2-9-29(19)20/h1-5,9,13-15,27H,6-8,10-12H2. The van der Waals surface area contributed by atoms with Gasteiger partial charge in [0.05, 0.1) is 10.8 Å². The Balaban J connectivity index is 1.22. The Morgan fingerprint density at radius 1 is 1.15 bits per heavy atom. The van der Waals surface area contributed by atoms with E-state index < -0.39 is 9.84 Å². The van der Waals surface area contributed by atoms with Gasteiger partial charge >= 0.3 is 0 Å². The molecular formula is C23H22Cl2N4O3S. The summed E-state index contributed by atoms with van der Waals surface area (Å²) in [7, 11) is -3.76. The van der Waals surface area contributed by atoms with Crippen molar-refractivity contribution in [3.05, 3.63) is 64.5 Å². The molecule has 3 aromatic heterocycles. The molecule has 1 aliphatic heterocycles. The number of hydrogen-bond acceptors (Lipinski definition) is 4. The Bertz CT molecular complexity index is 1450. The first-order valence-corrected chi connectivity index (χ1v) is 13.1. The molecule has 0 atom stereocenters. The summed E-state index contributed by atoms with van der Waals surface area (Å²) in [6.07, 6.45) is 5.45. The maximum absolute atomic E-state index is 12.9. The fraction of sp³-hybridized carbons (Fsp3) is 0.304. The van der Waals surface area contributed by atoms with Crippen LogP contribution >= 0.6 is 23.2 Å². The Kier molecular flexibility index (Phi) is 5.84. The van der Waals surface area contributed by atoms with Crippen LogP contribution < -0.4 is 0 Å². The maximum atomic E-state index is 12.9. The molecular weight excluding hydrogens is 483 g/mol. The molecule has 1 aliphatic rings. The molecule has 5 rings (SSSR count). The smallest absolute Gasteiger partial charge is 0.223 e. The zero-order chi connectivity index (χ0) is 23.2. The first-order chi connectivity index (χ1) is 15.8. The van der Waals surface area contributed by atoms with Crippen LogP contribution in [0.2, 0.25) is 10.0 Å². The van der Waals surface area contributed by atoms with Crippen LogP contribution in [0.4, 0.5) is 0 Å². The average molecular weight is 505 g/mol. The summed E-state index contributed by atoms with van der Waals surface area (Å²) >= 11 is 12.3. The minimum atomic E-state index is -3.76. The largest absolute Gasteiger partial charge is 0.344 e. The predicted octanol–water partition coefficient (Wildman–Crippen LogP) is 4.69. The number of piperidine rings is 1. The molecule has 0 spiro atoms. The number of H-pyrrole nitrogens is 1. The number of imidazole rings is 1. The molecule has 1 amide bonds. The summed E-state index contributed by atoms with van der Waals surface area (Å²) in [5.41, 5.74) is 2.65. The lowest BCUT2D eigenvalue weighted by molar-refractivity contribution is -0.131. The van der Waals surface area contributed by atoms with Crippen molar-refractivity contribution < 1.29 is 13.2 Å². The molecule has 1 fully saturated rings. The van der Waals surface area contributed by atoms with Crippen molar-refractivity contribution in [1.29, 1.82) is 0 Å². The molecule has 0 aliphatic carbocycles. The molecule has 7 nitrogen and oxygen atoms in total. The highest BCUT2D eigenvalue weighted by Gasteiger charge is 2.28. The van der Waals surface area contributed by atoms with Crippen LogP contribution in [0, 0.1) is 0 Å². The van der Waals surface area contributed by atoms with E-state index in [1.807, 2.05) is 30.6 Å². The number of nitrogens with zero attached hydrogens (tertiary/aromatic N) is 3. The topological polar surface area (TPSA) is 87.5 Å². The second kappa shape index (κ2) is 8.66. The fourth-order valence-corrected chi connectivity index (χ4v) is 6.51. The van der Waals surface area contributed by atoms with Gasteiger partial charge in [-0.3, -0.25) is 4.79 Å². The Hall–Kier alpha value is -2.55. The van der Waals surface area contributed by atoms with E-state index in [2.05, 4.69) is 14.4 Å². The number of hydrogen-bond donors (Lipinski definition) is 1. The molecule has 172 valence electrons. The van der Waals surface area contributed by atoms with Gasteiger partial charge in [0.25, 0.3) is 0 Å². The molecule has 1 aromatic carbocycles. The van der Waals surface area contributed by atoms with E-state index >= 15 is 0 Å². The SMILES string of the molecule is O=C(CCS(=O)(=O)c1[nH]c2ccc(Cl)cc2c1Cl)N1CCC(c2cnc3ccccn23)CC1. The van der Waals surface area contributed by atoms with Gasteiger partial charge in [0.2, 0.25) is 5.91 Å². The third-order valence-electron chi connectivity index (χ3n) is 6.27. The van der Waals surface area contributed by atoms with Crippen molar-refractivity contribution in [3.8, 4) is 0 Å². The minimum absolute atomic E-state index is 0.0689. The number of amides is 1. The summed E-state index contributed by atoms with van der Waals surface area (Å²) in [5, 5.41) is 1.05. The van der Waals surface area contributed by atoms with Crippen LogP contribution in [0.3, 0.4) is 0 Å². The van der Waals surface area contributed by atoms with E-state index in [-0.39, 0.29) is 28.1 Å². The lowest BCUT2D eigenvalue weighted by atomic mass is 9.93. The van der Waals surface area contributed by atoms with Gasteiger partial charge in [-0.2, -0.15) is 0 Å². The first kappa shape index (κ1) is 22.3. The summed E-state index contributed by atoms with van der Waals surface area (Å²) in [4.78, 5) is 21.8. The van der Waals surface area contributed by atoms with Gasteiger partial charge in [0.1, 0.15) is 5.65 Å². The maximum Gasteiger partial charge on any atom is 0.223 e. The number of sulfone groups is 1. The molecule has 1 N–H and O–H groups in total. The lowest BCUT2D eigenvalue weighted by Gasteiger charge is -2.32. The molecule has 0 saturated carbocycles. The number of likely N-dealkylation sites (tertiary alicyclic amines) is 1. The third-order valence-corrected chi connectivity index (χ3v) is 8.68. The minimum Gasteiger partial charge on any atom is -0.344 e. The summed E-state index contributed by atoms with van der Waals surface area (Å²) in [6, 6.07) is 10.9. The van der Waals surface area contributed by atoms with Gasteiger partial charge in [0.15, 0.2) is 14.9 Å². The molecule has 4 heterocycles. The number of aromatic nitrogens is 3. The van der Waals surface area contributed by atoms with Crippen LogP contribution in [0.25, 0.3) is 16.6 Å². The summed E-state index contributed by atoms with van der Waals surface area (Å²) in [5.74, 6) is -0.156. The van der Waals surface area contributed by atoms with E-state index in [9.17, 15) is 13.2 Å². The number of carbonyl (C=O) groups is 1. The quantitative estimate of drug-likeness (QED) is 0.426. The van der Waals surface area contributed by atoms with Gasteiger partial charge in [0, 0.05) is 59.4 Å². The van der Waals surface area contributed by atoms with E-state index in [0.717, 1.165) is 24.2 Å². The molecule has 33 heavy (non-hydrogen) atoms. The monoisotopic (exact) mass is 504 g/mol. The van der Waals surface area contributed by atoms with Crippen LogP contribution in [-0.4, -0.2) is 52.4 Å². The number of pyridine rings is 1. The Labute approximate surface area is 201 Å². The van der Waals surface area contributed by atoms with Crippen molar-refractivity contribution >= 4 is 55.5 Å². The number of halogens is 2. The van der Waals surface area contributed by atoms with Crippen LogP contribution in [0.5, 0.6) is 0 Å². The summed E-state index contributed by atoms with van der Waals surface area (Å²) in [6.45, 7) is 1.19. The number of nitrogens with one attached hydrogen (secondary N) is 1. The van der Waals surface area contributed by atoms with Gasteiger partial charge in [-0.25, -0.2) is 13.4 Å². The van der Waals surface area contributed by atoms with E-state index in [4.69, 9.17) is 23.2 Å². The van der Waals surface area contributed by atoms with Gasteiger partial charge in [-0.15, -0.1) is 0 Å². The number of rotatable bonds is 5. The van der Waals surface area contributed by atoms with Crippen molar-refractivity contribution in [2.24, 2.45) is 0 Å². The Morgan fingerprint density at radius 2 is 1.94 bits per heavy atom. The summed E-state index contributed by atoms with van der Waals surface area (Å²) < 4.78 is 27.9. The first-order valence-electron chi connectivity index (χ1n) is 10.7. The molecule has 10 heteroatoms. The third kappa shape index (κ3) is 4.23. The van der Waals surface area contributed by atoms with Crippen molar-refractivity contribution in [2.75, 3.05) is 18.8 Å². The van der Waals surface area contributed by atoms with Crippen LogP contribution in [0.1, 0.15) is 30.9 Å². The molecule has 4 aromatic rings. The Morgan fingerprint density at radius 3 is 2.73 bits per heavy atom. The van der Waals surface area contributed by atoms with Crippen molar-refractivity contribution in [2.45, 2.75) is 30.2 Å². The van der Waals surface area contributed by atoms with Crippen molar-refractivity contribution in [3.63, 3.8) is 0 Å². The highest BCUT2D eigenvalue weighted by molar-refractivity contribution is 7.91. The molecule has 0 radical (unpaired) electrons. The van der Waals surface area contributed by atoms with Gasteiger partial charge in [-0.1, -0.05) is 29.3 Å². The predicted molar refractivity (Wildman–Crippen MR) is 129 cm³/mol. The second-order valence-electron chi connectivity index (χ2n) is 8.29. The number of aromatic amines is 1. The van der Waals surface area contributed by atoms with E-state index in [1.165, 1.54) is 0 Å². The molecule has 0 unspecified atom stereocenters. The lowest BCUT2D eigenvalue weighted by Crippen LogP contribution is -2.38. The zero-order valence-electron chi connectivity index (χ0n) is 17.7. The second-order valence-corrected chi connectivity index (χ2v) is 11.2. The van der Waals surface area contributed by atoms with Gasteiger partial charge < -0.3 is 14.3 Å². The number of carbonyl (C=O) groups excluding carboxylic acids is 1. The normalized spacial score (nSPS) is 15.5. The molecule has 0 bridgehead atoms. The van der Waals surface area contributed by atoms with Crippen LogP contribution in [0.15, 0.2) is 53.8 Å². The molecule has 1 saturated heterocycles. The zero-order valence-corrected chi connectivity index (χ0v) is 20.0. The van der Waals surface area contributed by atoms with E-state index in [0.29, 0.717) is 34.9 Å². The highest BCUT2D eigenvalue weighted by Crippen LogP contribution is 2.33. The van der Waals surface area contributed by atoms with E-state index in [1.54, 1.807) is 23.1 Å². The van der Waals surface area contributed by atoms with Crippen molar-refractivity contribution in [1.82, 2.24) is 19.3 Å². The van der Waals surface area contributed by atoms with Gasteiger partial charge in [-0.05, 0) is 43.2 Å². The fourth-order valence-electron chi connectivity index (χ4n) is 4.48. The van der Waals surface area contributed by atoms with Crippen LogP contribution in [-0.2, 0) is 14.6 Å². The average Bonchev–Trinajstić information content (AvgIpc) is 3.39. The number of fused-ring (bicyclic) bond motifs is 2. The highest BCUT2D eigenvalue weighted by atomic mass is 35.5. The number of benzene rings is 1.